The molecule has 1 aromatic carbocycles. The molecule has 1 saturated heterocycles. The summed E-state index contributed by atoms with van der Waals surface area (Å²) in [5, 5.41) is 2.42. The maximum atomic E-state index is 12.8. The maximum Gasteiger partial charge on any atom is 0.416 e. The summed E-state index contributed by atoms with van der Waals surface area (Å²) in [6.45, 7) is 4.07. The summed E-state index contributed by atoms with van der Waals surface area (Å²) in [4.78, 5) is 18.7. The molecule has 1 aliphatic heterocycles. The minimum absolute atomic E-state index is 0.0234. The molecule has 27 heavy (non-hydrogen) atoms. The Morgan fingerprint density at radius 1 is 1.30 bits per heavy atom. The van der Waals surface area contributed by atoms with Crippen molar-refractivity contribution in [3.8, 4) is 0 Å². The van der Waals surface area contributed by atoms with E-state index >= 15 is 0 Å². The fourth-order valence-electron chi connectivity index (χ4n) is 3.12. The van der Waals surface area contributed by atoms with Crippen molar-refractivity contribution in [1.29, 1.82) is 0 Å². The van der Waals surface area contributed by atoms with Crippen LogP contribution in [0.4, 0.5) is 24.5 Å². The van der Waals surface area contributed by atoms with Crippen molar-refractivity contribution in [1.82, 2.24) is 4.98 Å². The van der Waals surface area contributed by atoms with E-state index in [2.05, 4.69) is 22.1 Å². The summed E-state index contributed by atoms with van der Waals surface area (Å²) in [7, 11) is 0. The monoisotopic (exact) mass is 397 g/mol. The summed E-state index contributed by atoms with van der Waals surface area (Å²) in [5.74, 6) is -0.0143. The first-order chi connectivity index (χ1) is 12.7. The first-order valence-electron chi connectivity index (χ1n) is 8.63. The largest absolute Gasteiger partial charge is 0.416 e. The summed E-state index contributed by atoms with van der Waals surface area (Å²) in [5.41, 5.74) is 0.0458. The lowest BCUT2D eigenvalue weighted by Crippen LogP contribution is -2.34. The van der Waals surface area contributed by atoms with Gasteiger partial charge in [-0.3, -0.25) is 4.79 Å². The van der Waals surface area contributed by atoms with Gasteiger partial charge in [-0.15, -0.1) is 0 Å². The van der Waals surface area contributed by atoms with Crippen LogP contribution in [0.1, 0.15) is 35.8 Å². The molecule has 144 valence electrons. The third-order valence-corrected chi connectivity index (χ3v) is 4.87. The minimum Gasteiger partial charge on any atom is -0.370 e. The number of carbonyl (C=O) groups excluding carboxylic acids is 1. The van der Waals surface area contributed by atoms with Crippen molar-refractivity contribution >= 4 is 28.9 Å². The topological polar surface area (TPSA) is 45.2 Å². The Labute approximate surface area is 160 Å². The van der Waals surface area contributed by atoms with Crippen molar-refractivity contribution in [3.05, 3.63) is 52.8 Å². The number of piperidine rings is 1. The lowest BCUT2D eigenvalue weighted by atomic mass is 10.00. The summed E-state index contributed by atoms with van der Waals surface area (Å²) >= 11 is 5.91. The Morgan fingerprint density at radius 2 is 2.07 bits per heavy atom. The number of carbonyl (C=O) groups is 1. The highest BCUT2D eigenvalue weighted by Crippen LogP contribution is 2.34. The average molecular weight is 398 g/mol. The van der Waals surface area contributed by atoms with Gasteiger partial charge in [0.2, 0.25) is 0 Å². The number of alkyl halides is 3. The van der Waals surface area contributed by atoms with E-state index in [1.54, 1.807) is 18.3 Å². The van der Waals surface area contributed by atoms with Gasteiger partial charge in [-0.25, -0.2) is 4.98 Å². The number of nitrogens with one attached hydrogen (secondary N) is 1. The van der Waals surface area contributed by atoms with Crippen LogP contribution in [0, 0.1) is 5.92 Å². The number of anilines is 2. The van der Waals surface area contributed by atoms with Crippen LogP contribution in [0.25, 0.3) is 0 Å². The van der Waals surface area contributed by atoms with Gasteiger partial charge in [0, 0.05) is 13.1 Å². The van der Waals surface area contributed by atoms with Gasteiger partial charge in [-0.05, 0) is 49.1 Å². The van der Waals surface area contributed by atoms with Gasteiger partial charge in [0.15, 0.2) is 0 Å². The van der Waals surface area contributed by atoms with E-state index < -0.39 is 17.6 Å². The van der Waals surface area contributed by atoms with E-state index in [1.165, 1.54) is 6.42 Å². The van der Waals surface area contributed by atoms with E-state index in [1.807, 2.05) is 0 Å². The predicted molar refractivity (Wildman–Crippen MR) is 99.3 cm³/mol. The first-order valence-corrected chi connectivity index (χ1v) is 9.01. The number of pyridine rings is 1. The zero-order valence-corrected chi connectivity index (χ0v) is 15.4. The lowest BCUT2D eigenvalue weighted by Gasteiger charge is -2.32. The number of nitrogens with zero attached hydrogens (tertiary/aromatic N) is 2. The molecule has 1 aliphatic rings. The molecule has 1 atom stereocenters. The van der Waals surface area contributed by atoms with Gasteiger partial charge >= 0.3 is 6.18 Å². The molecule has 0 radical (unpaired) electrons. The summed E-state index contributed by atoms with van der Waals surface area (Å²) in [6.07, 6.45) is -0.601. The average Bonchev–Trinajstić information content (AvgIpc) is 2.62. The standard InChI is InChI=1S/C19H19ClF3N3O/c1-12-3-2-8-26(11-12)14-5-7-16(24-10-14)18(27)25-17-9-13(19(21,22)23)4-6-15(17)20/h4-7,9-10,12H,2-3,8,11H2,1H3,(H,25,27). The third-order valence-electron chi connectivity index (χ3n) is 4.54. The second kappa shape index (κ2) is 7.76. The van der Waals surface area contributed by atoms with Crippen LogP contribution in [-0.4, -0.2) is 24.0 Å². The smallest absolute Gasteiger partial charge is 0.370 e. The van der Waals surface area contributed by atoms with Crippen LogP contribution in [0.5, 0.6) is 0 Å². The highest BCUT2D eigenvalue weighted by molar-refractivity contribution is 6.33. The Hall–Kier alpha value is -2.28. The molecule has 0 bridgehead atoms. The molecule has 0 aliphatic carbocycles. The molecule has 1 amide bonds. The second-order valence-electron chi connectivity index (χ2n) is 6.74. The summed E-state index contributed by atoms with van der Waals surface area (Å²) < 4.78 is 38.5. The quantitative estimate of drug-likeness (QED) is 0.770. The van der Waals surface area contributed by atoms with Gasteiger partial charge in [0.05, 0.1) is 28.2 Å². The van der Waals surface area contributed by atoms with E-state index in [0.29, 0.717) is 5.92 Å². The number of hydrogen-bond donors (Lipinski definition) is 1. The SMILES string of the molecule is CC1CCCN(c2ccc(C(=O)Nc3cc(C(F)(F)F)ccc3Cl)nc2)C1. The van der Waals surface area contributed by atoms with E-state index in [4.69, 9.17) is 11.6 Å². The van der Waals surface area contributed by atoms with Crippen LogP contribution in [0.2, 0.25) is 5.02 Å². The number of halogens is 4. The van der Waals surface area contributed by atoms with Crippen LogP contribution in [0.3, 0.4) is 0 Å². The lowest BCUT2D eigenvalue weighted by molar-refractivity contribution is -0.137. The van der Waals surface area contributed by atoms with E-state index in [0.717, 1.165) is 43.4 Å². The molecule has 1 aromatic heterocycles. The molecule has 1 N–H and O–H groups in total. The first kappa shape index (κ1) is 19.5. The molecule has 0 spiro atoms. The van der Waals surface area contributed by atoms with Crippen molar-refractivity contribution in [3.63, 3.8) is 0 Å². The molecule has 0 saturated carbocycles. The zero-order chi connectivity index (χ0) is 19.6. The summed E-state index contributed by atoms with van der Waals surface area (Å²) in [6, 6.07) is 6.14. The van der Waals surface area contributed by atoms with Crippen molar-refractivity contribution in [2.45, 2.75) is 25.9 Å². The molecule has 2 aromatic rings. The van der Waals surface area contributed by atoms with Gasteiger partial charge in [0.25, 0.3) is 5.91 Å². The minimum atomic E-state index is -4.52. The molecule has 4 nitrogen and oxygen atoms in total. The number of benzene rings is 1. The fourth-order valence-corrected chi connectivity index (χ4v) is 3.28. The highest BCUT2D eigenvalue weighted by atomic mass is 35.5. The zero-order valence-electron chi connectivity index (χ0n) is 14.7. The Morgan fingerprint density at radius 3 is 2.70 bits per heavy atom. The molecule has 1 unspecified atom stereocenters. The third kappa shape index (κ3) is 4.71. The normalized spacial score (nSPS) is 17.7. The molecule has 3 rings (SSSR count). The number of hydrogen-bond acceptors (Lipinski definition) is 3. The number of aromatic nitrogens is 1. The van der Waals surface area contributed by atoms with Crippen LogP contribution in [0.15, 0.2) is 36.5 Å². The van der Waals surface area contributed by atoms with Gasteiger partial charge in [0.1, 0.15) is 5.69 Å². The van der Waals surface area contributed by atoms with Crippen molar-refractivity contribution < 1.29 is 18.0 Å². The predicted octanol–water partition coefficient (Wildman–Crippen LogP) is 5.24. The molecule has 1 fully saturated rings. The Bertz CT molecular complexity index is 824. The molecular formula is C19H19ClF3N3O. The van der Waals surface area contributed by atoms with E-state index in [9.17, 15) is 18.0 Å². The molecular weight excluding hydrogens is 379 g/mol. The van der Waals surface area contributed by atoms with Crippen molar-refractivity contribution in [2.75, 3.05) is 23.3 Å². The Kier molecular flexibility index (Phi) is 5.60. The highest BCUT2D eigenvalue weighted by Gasteiger charge is 2.31. The second-order valence-corrected chi connectivity index (χ2v) is 7.15. The number of amides is 1. The molecule has 2 heterocycles. The fraction of sp³-hybridized carbons (Fsp3) is 0.368. The van der Waals surface area contributed by atoms with Gasteiger partial charge < -0.3 is 10.2 Å². The van der Waals surface area contributed by atoms with E-state index in [-0.39, 0.29) is 16.4 Å². The Balaban J connectivity index is 1.73. The maximum absolute atomic E-state index is 12.8. The van der Waals surface area contributed by atoms with Crippen molar-refractivity contribution in [2.24, 2.45) is 5.92 Å². The van der Waals surface area contributed by atoms with Gasteiger partial charge in [-0.1, -0.05) is 18.5 Å². The van der Waals surface area contributed by atoms with Crippen LogP contribution in [-0.2, 0) is 6.18 Å². The molecule has 8 heteroatoms. The van der Waals surface area contributed by atoms with Crippen LogP contribution >= 0.6 is 11.6 Å². The van der Waals surface area contributed by atoms with Gasteiger partial charge in [-0.2, -0.15) is 13.2 Å². The van der Waals surface area contributed by atoms with Crippen LogP contribution < -0.4 is 10.2 Å². The number of rotatable bonds is 3.